The van der Waals surface area contributed by atoms with Gasteiger partial charge in [0.25, 0.3) is 0 Å². The molecule has 6 heteroatoms. The highest BCUT2D eigenvalue weighted by atomic mass is 19.1. The number of halogens is 1. The molecule has 1 aliphatic rings. The number of carbonyl (C=O) groups excluding carboxylic acids is 1. The summed E-state index contributed by atoms with van der Waals surface area (Å²) in [6.45, 7) is 6.79. The number of hydrogen-bond acceptors (Lipinski definition) is 4. The molecule has 0 spiro atoms. The normalized spacial score (nSPS) is 16.0. The molecule has 0 saturated carbocycles. The summed E-state index contributed by atoms with van der Waals surface area (Å²) < 4.78 is 29.6. The third kappa shape index (κ3) is 4.30. The number of rotatable bonds is 3. The Balaban J connectivity index is 2.06. The Labute approximate surface area is 142 Å². The van der Waals surface area contributed by atoms with Crippen LogP contribution in [-0.2, 0) is 4.74 Å². The number of benzene rings is 1. The van der Waals surface area contributed by atoms with Crippen LogP contribution in [0.3, 0.4) is 0 Å². The van der Waals surface area contributed by atoms with E-state index in [1.165, 1.54) is 14.2 Å². The number of piperidine rings is 1. The van der Waals surface area contributed by atoms with Gasteiger partial charge in [-0.2, -0.15) is 4.39 Å². The van der Waals surface area contributed by atoms with Gasteiger partial charge >= 0.3 is 6.09 Å². The molecule has 0 radical (unpaired) electrons. The van der Waals surface area contributed by atoms with Gasteiger partial charge < -0.3 is 19.1 Å². The van der Waals surface area contributed by atoms with Crippen molar-refractivity contribution in [2.24, 2.45) is 0 Å². The minimum absolute atomic E-state index is 0.180. The van der Waals surface area contributed by atoms with Crippen LogP contribution in [0.5, 0.6) is 11.5 Å². The summed E-state index contributed by atoms with van der Waals surface area (Å²) in [4.78, 5) is 13.8. The van der Waals surface area contributed by atoms with E-state index in [1.54, 1.807) is 17.0 Å². The summed E-state index contributed by atoms with van der Waals surface area (Å²) in [7, 11) is 2.87. The second kappa shape index (κ2) is 7.28. The van der Waals surface area contributed by atoms with Crippen molar-refractivity contribution in [3.05, 3.63) is 23.5 Å². The van der Waals surface area contributed by atoms with E-state index in [9.17, 15) is 9.18 Å². The van der Waals surface area contributed by atoms with Crippen molar-refractivity contribution < 1.29 is 23.4 Å². The SMILES string of the molecule is COc1cc(C2CCN(C(=O)OC(C)(C)C)CC2)cc(OC)c1F. The van der Waals surface area contributed by atoms with E-state index >= 15 is 0 Å². The van der Waals surface area contributed by atoms with Gasteiger partial charge in [0.1, 0.15) is 5.60 Å². The largest absolute Gasteiger partial charge is 0.494 e. The average molecular weight is 339 g/mol. The van der Waals surface area contributed by atoms with Crippen molar-refractivity contribution >= 4 is 6.09 Å². The fraction of sp³-hybridized carbons (Fsp3) is 0.611. The van der Waals surface area contributed by atoms with Crippen LogP contribution in [0.25, 0.3) is 0 Å². The first-order chi connectivity index (χ1) is 11.2. The van der Waals surface area contributed by atoms with Gasteiger partial charge in [0.2, 0.25) is 5.82 Å². The van der Waals surface area contributed by atoms with Gasteiger partial charge in [-0.15, -0.1) is 0 Å². The molecule has 0 atom stereocenters. The quantitative estimate of drug-likeness (QED) is 0.836. The molecular weight excluding hydrogens is 313 g/mol. The molecule has 134 valence electrons. The smallest absolute Gasteiger partial charge is 0.410 e. The fourth-order valence-corrected chi connectivity index (χ4v) is 2.85. The Hall–Kier alpha value is -1.98. The Morgan fingerprint density at radius 3 is 2.04 bits per heavy atom. The van der Waals surface area contributed by atoms with E-state index in [0.717, 1.165) is 18.4 Å². The first-order valence-electron chi connectivity index (χ1n) is 8.14. The van der Waals surface area contributed by atoms with Crippen molar-refractivity contribution in [2.75, 3.05) is 27.3 Å². The highest BCUT2D eigenvalue weighted by Gasteiger charge is 2.28. The Bertz CT molecular complexity index is 564. The maximum Gasteiger partial charge on any atom is 0.410 e. The predicted molar refractivity (Wildman–Crippen MR) is 89.3 cm³/mol. The van der Waals surface area contributed by atoms with Crippen molar-refractivity contribution in [2.45, 2.75) is 45.1 Å². The van der Waals surface area contributed by atoms with Crippen LogP contribution >= 0.6 is 0 Å². The third-order valence-electron chi connectivity index (χ3n) is 4.09. The van der Waals surface area contributed by atoms with Gasteiger partial charge in [0, 0.05) is 13.1 Å². The summed E-state index contributed by atoms with van der Waals surface area (Å²) in [6.07, 6.45) is 1.30. The van der Waals surface area contributed by atoms with Gasteiger partial charge in [-0.3, -0.25) is 0 Å². The van der Waals surface area contributed by atoms with Crippen molar-refractivity contribution in [3.63, 3.8) is 0 Å². The van der Waals surface area contributed by atoms with E-state index in [2.05, 4.69) is 0 Å². The molecule has 2 rings (SSSR count). The Morgan fingerprint density at radius 2 is 1.62 bits per heavy atom. The predicted octanol–water partition coefficient (Wildman–Crippen LogP) is 3.96. The maximum atomic E-state index is 14.0. The molecule has 0 aromatic heterocycles. The van der Waals surface area contributed by atoms with E-state index in [-0.39, 0.29) is 23.5 Å². The number of ether oxygens (including phenoxy) is 3. The Morgan fingerprint density at radius 1 is 1.12 bits per heavy atom. The molecule has 24 heavy (non-hydrogen) atoms. The van der Waals surface area contributed by atoms with Gasteiger partial charge in [0.05, 0.1) is 14.2 Å². The number of hydrogen-bond donors (Lipinski definition) is 0. The lowest BCUT2D eigenvalue weighted by Gasteiger charge is -2.33. The summed E-state index contributed by atoms with van der Waals surface area (Å²) >= 11 is 0. The topological polar surface area (TPSA) is 48.0 Å². The molecular formula is C18H26FNO4. The van der Waals surface area contributed by atoms with Gasteiger partial charge in [0.15, 0.2) is 11.5 Å². The molecule has 1 saturated heterocycles. The molecule has 5 nitrogen and oxygen atoms in total. The minimum atomic E-state index is -0.494. The monoisotopic (exact) mass is 339 g/mol. The first-order valence-corrected chi connectivity index (χ1v) is 8.14. The van der Waals surface area contributed by atoms with Crippen LogP contribution in [0.2, 0.25) is 0 Å². The minimum Gasteiger partial charge on any atom is -0.494 e. The van der Waals surface area contributed by atoms with Crippen LogP contribution in [0.4, 0.5) is 9.18 Å². The van der Waals surface area contributed by atoms with Crippen LogP contribution in [-0.4, -0.2) is 43.9 Å². The standard InChI is InChI=1S/C18H26FNO4/c1-18(2,3)24-17(21)20-8-6-12(7-9-20)13-10-14(22-4)16(19)15(11-13)23-5/h10-12H,6-9H2,1-5H3. The molecule has 1 fully saturated rings. The lowest BCUT2D eigenvalue weighted by atomic mass is 9.89. The second-order valence-corrected chi connectivity index (χ2v) is 6.98. The molecule has 1 heterocycles. The number of methoxy groups -OCH3 is 2. The second-order valence-electron chi connectivity index (χ2n) is 6.98. The first kappa shape index (κ1) is 18.4. The molecule has 0 unspecified atom stereocenters. The molecule has 0 N–H and O–H groups in total. The number of carbonyl (C=O) groups is 1. The summed E-state index contributed by atoms with van der Waals surface area (Å²) in [6, 6.07) is 3.43. The summed E-state index contributed by atoms with van der Waals surface area (Å²) in [5.41, 5.74) is 0.472. The van der Waals surface area contributed by atoms with Crippen LogP contribution in [0.1, 0.15) is 45.1 Å². The Kier molecular flexibility index (Phi) is 5.57. The molecule has 1 aliphatic heterocycles. The van der Waals surface area contributed by atoms with Gasteiger partial charge in [-0.05, 0) is 57.2 Å². The fourth-order valence-electron chi connectivity index (χ4n) is 2.85. The van der Waals surface area contributed by atoms with Crippen LogP contribution < -0.4 is 9.47 Å². The van der Waals surface area contributed by atoms with E-state index in [0.29, 0.717) is 13.1 Å². The molecule has 0 bridgehead atoms. The number of amides is 1. The van der Waals surface area contributed by atoms with E-state index in [4.69, 9.17) is 14.2 Å². The highest BCUT2D eigenvalue weighted by Crippen LogP contribution is 2.36. The lowest BCUT2D eigenvalue weighted by molar-refractivity contribution is 0.0204. The van der Waals surface area contributed by atoms with Crippen molar-refractivity contribution in [1.29, 1.82) is 0 Å². The van der Waals surface area contributed by atoms with E-state index in [1.807, 2.05) is 20.8 Å². The van der Waals surface area contributed by atoms with E-state index < -0.39 is 11.4 Å². The molecule has 1 aromatic rings. The zero-order chi connectivity index (χ0) is 17.9. The summed E-state index contributed by atoms with van der Waals surface area (Å²) in [5, 5.41) is 0. The lowest BCUT2D eigenvalue weighted by Crippen LogP contribution is -2.41. The van der Waals surface area contributed by atoms with Crippen LogP contribution in [0, 0.1) is 5.82 Å². The zero-order valence-corrected chi connectivity index (χ0v) is 15.0. The van der Waals surface area contributed by atoms with Crippen LogP contribution in [0.15, 0.2) is 12.1 Å². The number of nitrogens with zero attached hydrogens (tertiary/aromatic N) is 1. The summed E-state index contributed by atoms with van der Waals surface area (Å²) in [5.74, 6) is 0.0971. The van der Waals surface area contributed by atoms with Crippen molar-refractivity contribution in [1.82, 2.24) is 4.90 Å². The van der Waals surface area contributed by atoms with Gasteiger partial charge in [-0.1, -0.05) is 0 Å². The molecule has 0 aliphatic carbocycles. The van der Waals surface area contributed by atoms with Crippen molar-refractivity contribution in [3.8, 4) is 11.5 Å². The third-order valence-corrected chi connectivity index (χ3v) is 4.09. The number of likely N-dealkylation sites (tertiary alicyclic amines) is 1. The van der Waals surface area contributed by atoms with Gasteiger partial charge in [-0.25, -0.2) is 4.79 Å². The molecule has 1 amide bonds. The molecule has 1 aromatic carbocycles. The maximum absolute atomic E-state index is 14.0. The average Bonchev–Trinajstić information content (AvgIpc) is 2.53. The highest BCUT2D eigenvalue weighted by molar-refractivity contribution is 5.68. The zero-order valence-electron chi connectivity index (χ0n) is 15.0.